The van der Waals surface area contributed by atoms with Crippen LogP contribution >= 0.6 is 0 Å². The first-order valence-electron chi connectivity index (χ1n) is 11.0. The van der Waals surface area contributed by atoms with E-state index in [0.717, 1.165) is 11.3 Å². The molecule has 4 rings (SSSR count). The molecule has 2 aromatic heterocycles. The number of hydrogen-bond acceptors (Lipinski definition) is 6. The summed E-state index contributed by atoms with van der Waals surface area (Å²) in [4.78, 5) is 37.3. The minimum Gasteiger partial charge on any atom is -0.464 e. The lowest BCUT2D eigenvalue weighted by Gasteiger charge is -2.34. The molecule has 3 aromatic rings. The Morgan fingerprint density at radius 1 is 1.18 bits per heavy atom. The van der Waals surface area contributed by atoms with Gasteiger partial charge in [-0.3, -0.25) is 9.47 Å². The quantitative estimate of drug-likeness (QED) is 0.575. The number of hydrogen-bond donors (Lipinski definition) is 1. The summed E-state index contributed by atoms with van der Waals surface area (Å²) < 4.78 is 20.7. The molecular formula is C23H27FN6O3. The van der Waals surface area contributed by atoms with Crippen molar-refractivity contribution in [2.45, 2.75) is 26.4 Å². The van der Waals surface area contributed by atoms with Crippen molar-refractivity contribution < 1.29 is 18.7 Å². The highest BCUT2D eigenvalue weighted by Crippen LogP contribution is 2.22. The number of amides is 2. The molecule has 174 valence electrons. The van der Waals surface area contributed by atoms with E-state index in [2.05, 4.69) is 15.2 Å². The Morgan fingerprint density at radius 2 is 1.97 bits per heavy atom. The Kier molecular flexibility index (Phi) is 6.83. The summed E-state index contributed by atoms with van der Waals surface area (Å²) in [6, 6.07) is 9.08. The highest BCUT2D eigenvalue weighted by molar-refractivity contribution is 5.83. The summed E-state index contributed by atoms with van der Waals surface area (Å²) >= 11 is 0. The van der Waals surface area contributed by atoms with E-state index in [1.54, 1.807) is 31.0 Å². The number of fused-ring (bicyclic) bond motifs is 1. The number of urea groups is 1. The molecule has 0 saturated carbocycles. The van der Waals surface area contributed by atoms with E-state index in [-0.39, 0.29) is 18.5 Å². The third kappa shape index (κ3) is 5.11. The molecule has 1 saturated heterocycles. The lowest BCUT2D eigenvalue weighted by Crippen LogP contribution is -2.54. The van der Waals surface area contributed by atoms with Crippen LogP contribution in [0.3, 0.4) is 0 Å². The largest absolute Gasteiger partial charge is 0.464 e. The average Bonchev–Trinajstić information content (AvgIpc) is 3.17. The molecule has 1 aromatic carbocycles. The van der Waals surface area contributed by atoms with Crippen molar-refractivity contribution in [3.05, 3.63) is 54.2 Å². The topological polar surface area (TPSA) is 92.6 Å². The lowest BCUT2D eigenvalue weighted by molar-refractivity contribution is -0.144. The predicted octanol–water partition coefficient (Wildman–Crippen LogP) is 2.34. The van der Waals surface area contributed by atoms with Crippen LogP contribution in [-0.2, 0) is 16.1 Å². The molecule has 1 atom stereocenters. The molecule has 3 heterocycles. The highest BCUT2D eigenvalue weighted by atomic mass is 19.1. The number of carbonyl (C=O) groups excluding carboxylic acids is 2. The first-order valence-corrected chi connectivity index (χ1v) is 11.0. The first-order chi connectivity index (χ1) is 16.0. The van der Waals surface area contributed by atoms with Crippen LogP contribution in [-0.4, -0.2) is 75.2 Å². The number of ether oxygens (including phenoxy) is 1. The minimum absolute atomic E-state index is 0.271. The Morgan fingerprint density at radius 3 is 2.70 bits per heavy atom. The van der Waals surface area contributed by atoms with E-state index in [9.17, 15) is 14.0 Å². The van der Waals surface area contributed by atoms with E-state index in [0.29, 0.717) is 44.1 Å². The van der Waals surface area contributed by atoms with Crippen LogP contribution in [0.1, 0.15) is 19.7 Å². The second-order valence-electron chi connectivity index (χ2n) is 7.88. The summed E-state index contributed by atoms with van der Waals surface area (Å²) in [5, 5.41) is 2.69. The summed E-state index contributed by atoms with van der Waals surface area (Å²) in [6.07, 6.45) is 1.69. The summed E-state index contributed by atoms with van der Waals surface area (Å²) in [5.41, 5.74) is 2.07. The molecule has 10 heteroatoms. The van der Waals surface area contributed by atoms with Crippen LogP contribution in [0.4, 0.5) is 9.18 Å². The number of rotatable bonds is 6. The van der Waals surface area contributed by atoms with Gasteiger partial charge in [0.2, 0.25) is 0 Å². The molecule has 0 bridgehead atoms. The first kappa shape index (κ1) is 22.7. The molecular weight excluding hydrogens is 427 g/mol. The van der Waals surface area contributed by atoms with Crippen molar-refractivity contribution in [1.82, 2.24) is 29.7 Å². The number of imidazole rings is 1. The van der Waals surface area contributed by atoms with Crippen molar-refractivity contribution in [3.63, 3.8) is 0 Å². The number of carbonyl (C=O) groups is 2. The molecule has 1 aliphatic rings. The van der Waals surface area contributed by atoms with E-state index < -0.39 is 12.0 Å². The van der Waals surface area contributed by atoms with Crippen molar-refractivity contribution >= 4 is 23.2 Å². The van der Waals surface area contributed by atoms with Gasteiger partial charge >= 0.3 is 12.0 Å². The highest BCUT2D eigenvalue weighted by Gasteiger charge is 2.26. The number of benzene rings is 1. The van der Waals surface area contributed by atoms with Gasteiger partial charge in [0.25, 0.3) is 0 Å². The van der Waals surface area contributed by atoms with Gasteiger partial charge in [-0.2, -0.15) is 0 Å². The molecule has 0 spiro atoms. The molecule has 0 aliphatic carbocycles. The fourth-order valence-corrected chi connectivity index (χ4v) is 3.86. The third-order valence-corrected chi connectivity index (χ3v) is 5.56. The van der Waals surface area contributed by atoms with E-state index in [4.69, 9.17) is 9.72 Å². The number of halogens is 1. The smallest absolute Gasteiger partial charge is 0.328 e. The van der Waals surface area contributed by atoms with Gasteiger partial charge < -0.3 is 15.0 Å². The van der Waals surface area contributed by atoms with Crippen molar-refractivity contribution in [2.75, 3.05) is 32.8 Å². The number of nitrogens with zero attached hydrogens (tertiary/aromatic N) is 5. The number of pyridine rings is 1. The molecule has 9 nitrogen and oxygen atoms in total. The average molecular weight is 455 g/mol. The SMILES string of the molecule is CCOC(=O)C(C)NC(=O)N1CCN(Cc2nc3cccnc3n2-c2cccc(F)c2)CC1. The maximum Gasteiger partial charge on any atom is 0.328 e. The van der Waals surface area contributed by atoms with E-state index >= 15 is 0 Å². The van der Waals surface area contributed by atoms with Crippen LogP contribution in [0.25, 0.3) is 16.9 Å². The van der Waals surface area contributed by atoms with E-state index in [1.807, 2.05) is 22.8 Å². The third-order valence-electron chi connectivity index (χ3n) is 5.56. The van der Waals surface area contributed by atoms with Gasteiger partial charge in [0.1, 0.15) is 23.2 Å². The zero-order valence-electron chi connectivity index (χ0n) is 18.7. The maximum absolute atomic E-state index is 13.9. The molecule has 1 N–H and O–H groups in total. The molecule has 0 radical (unpaired) electrons. The van der Waals surface area contributed by atoms with Crippen LogP contribution in [0, 0.1) is 5.82 Å². The Balaban J connectivity index is 1.44. The van der Waals surface area contributed by atoms with Crippen molar-refractivity contribution in [3.8, 4) is 5.69 Å². The number of nitrogens with one attached hydrogen (secondary N) is 1. The van der Waals surface area contributed by atoms with Crippen LogP contribution in [0.5, 0.6) is 0 Å². The van der Waals surface area contributed by atoms with Gasteiger partial charge in [-0.25, -0.2) is 23.9 Å². The predicted molar refractivity (Wildman–Crippen MR) is 120 cm³/mol. The number of aromatic nitrogens is 3. The Hall–Kier alpha value is -3.53. The van der Waals surface area contributed by atoms with Crippen LogP contribution < -0.4 is 5.32 Å². The van der Waals surface area contributed by atoms with Gasteiger partial charge in [0, 0.05) is 32.4 Å². The number of piperazine rings is 1. The second-order valence-corrected chi connectivity index (χ2v) is 7.88. The molecule has 1 fully saturated rings. The van der Waals surface area contributed by atoms with Crippen molar-refractivity contribution in [2.24, 2.45) is 0 Å². The lowest BCUT2D eigenvalue weighted by atomic mass is 10.3. The summed E-state index contributed by atoms with van der Waals surface area (Å²) in [6.45, 7) is 6.44. The second kappa shape index (κ2) is 9.95. The number of esters is 1. The zero-order valence-corrected chi connectivity index (χ0v) is 18.7. The summed E-state index contributed by atoms with van der Waals surface area (Å²) in [5.74, 6) is -0.0228. The zero-order chi connectivity index (χ0) is 23.4. The fourth-order valence-electron chi connectivity index (χ4n) is 3.86. The van der Waals surface area contributed by atoms with Crippen LogP contribution in [0.15, 0.2) is 42.6 Å². The molecule has 1 aliphatic heterocycles. The van der Waals surface area contributed by atoms with Gasteiger partial charge in [0.05, 0.1) is 18.8 Å². The minimum atomic E-state index is -0.700. The standard InChI is InChI=1S/C23H27FN6O3/c1-3-33-22(31)16(2)26-23(32)29-12-10-28(11-13-29)15-20-27-19-8-5-9-25-21(19)30(20)18-7-4-6-17(24)14-18/h4-9,14,16H,3,10-13,15H2,1-2H3,(H,26,32). The Bertz CT molecular complexity index is 1140. The monoisotopic (exact) mass is 454 g/mol. The molecule has 33 heavy (non-hydrogen) atoms. The Labute approximate surface area is 191 Å². The van der Waals surface area contributed by atoms with Crippen molar-refractivity contribution in [1.29, 1.82) is 0 Å². The maximum atomic E-state index is 13.9. The van der Waals surface area contributed by atoms with Gasteiger partial charge in [-0.05, 0) is 44.2 Å². The van der Waals surface area contributed by atoms with E-state index in [1.165, 1.54) is 12.1 Å². The van der Waals surface area contributed by atoms with Gasteiger partial charge in [0.15, 0.2) is 5.65 Å². The van der Waals surface area contributed by atoms with Gasteiger partial charge in [-0.15, -0.1) is 0 Å². The normalized spacial score (nSPS) is 15.4. The summed E-state index contributed by atoms with van der Waals surface area (Å²) in [7, 11) is 0. The molecule has 1 unspecified atom stereocenters. The molecule has 2 amide bonds. The van der Waals surface area contributed by atoms with Gasteiger partial charge in [-0.1, -0.05) is 6.07 Å². The van der Waals surface area contributed by atoms with Crippen LogP contribution in [0.2, 0.25) is 0 Å². The fraction of sp³-hybridized carbons (Fsp3) is 0.391.